The molecule has 6 nitrogen and oxygen atoms in total. The zero-order valence-electron chi connectivity index (χ0n) is 10.6. The number of nitrogens with two attached hydrogens (primary N) is 1. The monoisotopic (exact) mass is 271 g/mol. The number of thiazole rings is 1. The number of aryl methyl sites for hydroxylation is 1. The van der Waals surface area contributed by atoms with Crippen molar-refractivity contribution in [1.29, 1.82) is 0 Å². The summed E-state index contributed by atoms with van der Waals surface area (Å²) in [6, 6.07) is 0. The van der Waals surface area contributed by atoms with Crippen molar-refractivity contribution in [3.05, 3.63) is 15.6 Å². The lowest BCUT2D eigenvalue weighted by Gasteiger charge is -2.20. The van der Waals surface area contributed by atoms with E-state index in [1.807, 2.05) is 0 Å². The Bertz CT molecular complexity index is 468. The maximum atomic E-state index is 11.8. The van der Waals surface area contributed by atoms with Crippen LogP contribution in [-0.2, 0) is 11.3 Å². The van der Waals surface area contributed by atoms with Crippen LogP contribution in [0.25, 0.3) is 0 Å². The fourth-order valence-electron chi connectivity index (χ4n) is 1.21. The molecule has 0 aliphatic heterocycles. The molecule has 7 heteroatoms. The summed E-state index contributed by atoms with van der Waals surface area (Å²) in [4.78, 5) is 26.9. The van der Waals surface area contributed by atoms with E-state index < -0.39 is 11.4 Å². The third-order valence-corrected chi connectivity index (χ3v) is 3.71. The highest BCUT2D eigenvalue weighted by Crippen LogP contribution is 2.18. The van der Waals surface area contributed by atoms with E-state index in [0.29, 0.717) is 10.7 Å². The van der Waals surface area contributed by atoms with E-state index in [2.05, 4.69) is 10.3 Å². The van der Waals surface area contributed by atoms with Gasteiger partial charge >= 0.3 is 5.97 Å². The molecule has 1 amide bonds. The van der Waals surface area contributed by atoms with Crippen LogP contribution in [0.15, 0.2) is 0 Å². The summed E-state index contributed by atoms with van der Waals surface area (Å²) in [5.41, 5.74) is 5.32. The van der Waals surface area contributed by atoms with Crippen molar-refractivity contribution in [1.82, 2.24) is 10.3 Å². The van der Waals surface area contributed by atoms with E-state index in [4.69, 9.17) is 10.8 Å². The van der Waals surface area contributed by atoms with Crippen LogP contribution in [0.5, 0.6) is 0 Å². The minimum Gasteiger partial charge on any atom is -0.477 e. The van der Waals surface area contributed by atoms with Gasteiger partial charge in [-0.25, -0.2) is 9.78 Å². The minimum absolute atomic E-state index is 0.172. The van der Waals surface area contributed by atoms with Crippen molar-refractivity contribution in [2.24, 2.45) is 11.1 Å². The molecular weight excluding hydrogens is 254 g/mol. The van der Waals surface area contributed by atoms with Crippen LogP contribution >= 0.6 is 11.3 Å². The highest BCUT2D eigenvalue weighted by Gasteiger charge is 2.25. The Hall–Kier alpha value is -1.47. The van der Waals surface area contributed by atoms with E-state index in [-0.39, 0.29) is 23.9 Å². The standard InChI is InChI=1S/C11H17N3O3S/c1-6-8(9(15)16)18-7(14-6)4-13-10(17)11(2,3)5-12/h4-5,12H2,1-3H3,(H,13,17)(H,15,16). The van der Waals surface area contributed by atoms with Crippen LogP contribution in [0.1, 0.15) is 34.2 Å². The van der Waals surface area contributed by atoms with Crippen molar-refractivity contribution in [2.75, 3.05) is 6.54 Å². The summed E-state index contributed by atoms with van der Waals surface area (Å²) in [6.07, 6.45) is 0. The zero-order valence-corrected chi connectivity index (χ0v) is 11.4. The lowest BCUT2D eigenvalue weighted by atomic mass is 9.93. The lowest BCUT2D eigenvalue weighted by Crippen LogP contribution is -2.41. The molecule has 0 unspecified atom stereocenters. The number of carbonyl (C=O) groups excluding carboxylic acids is 1. The molecule has 0 saturated carbocycles. The Kier molecular flexibility index (Phi) is 4.42. The molecule has 0 saturated heterocycles. The van der Waals surface area contributed by atoms with E-state index >= 15 is 0 Å². The lowest BCUT2D eigenvalue weighted by molar-refractivity contribution is -0.129. The Morgan fingerprint density at radius 1 is 1.50 bits per heavy atom. The number of aromatic carboxylic acids is 1. The summed E-state index contributed by atoms with van der Waals surface area (Å²) in [5.74, 6) is -1.17. The van der Waals surface area contributed by atoms with Crippen LogP contribution in [0.3, 0.4) is 0 Å². The normalized spacial score (nSPS) is 11.3. The number of nitrogens with one attached hydrogen (secondary N) is 1. The Balaban J connectivity index is 2.68. The van der Waals surface area contributed by atoms with Crippen LogP contribution in [-0.4, -0.2) is 28.5 Å². The van der Waals surface area contributed by atoms with Gasteiger partial charge in [-0.1, -0.05) is 0 Å². The molecule has 0 aliphatic carbocycles. The van der Waals surface area contributed by atoms with Crippen molar-refractivity contribution in [2.45, 2.75) is 27.3 Å². The zero-order chi connectivity index (χ0) is 13.9. The second-order valence-corrected chi connectivity index (χ2v) is 5.68. The number of hydrogen-bond donors (Lipinski definition) is 3. The van der Waals surface area contributed by atoms with Gasteiger partial charge in [-0.15, -0.1) is 11.3 Å². The van der Waals surface area contributed by atoms with Crippen molar-refractivity contribution < 1.29 is 14.7 Å². The maximum Gasteiger partial charge on any atom is 0.347 e. The summed E-state index contributed by atoms with van der Waals surface area (Å²) < 4.78 is 0. The quantitative estimate of drug-likeness (QED) is 0.733. The SMILES string of the molecule is Cc1nc(CNC(=O)C(C)(C)CN)sc1C(=O)O. The molecule has 0 spiro atoms. The molecule has 0 radical (unpaired) electrons. The molecule has 1 rings (SSSR count). The highest BCUT2D eigenvalue weighted by atomic mass is 32.1. The van der Waals surface area contributed by atoms with Gasteiger partial charge in [0.15, 0.2) is 0 Å². The van der Waals surface area contributed by atoms with Crippen LogP contribution in [0.4, 0.5) is 0 Å². The molecular formula is C11H17N3O3S. The predicted octanol–water partition coefficient (Wildman–Crippen LogP) is 0.751. The van der Waals surface area contributed by atoms with Gasteiger partial charge in [0.25, 0.3) is 0 Å². The highest BCUT2D eigenvalue weighted by molar-refractivity contribution is 7.13. The molecule has 18 heavy (non-hydrogen) atoms. The van der Waals surface area contributed by atoms with Gasteiger partial charge in [-0.05, 0) is 20.8 Å². The van der Waals surface area contributed by atoms with Gasteiger partial charge in [0.2, 0.25) is 5.91 Å². The Labute approximate surface area is 109 Å². The van der Waals surface area contributed by atoms with Crippen LogP contribution in [0, 0.1) is 12.3 Å². The van der Waals surface area contributed by atoms with Gasteiger partial charge in [0, 0.05) is 6.54 Å². The molecule has 0 bridgehead atoms. The van der Waals surface area contributed by atoms with E-state index in [1.54, 1.807) is 20.8 Å². The number of amides is 1. The van der Waals surface area contributed by atoms with Gasteiger partial charge < -0.3 is 16.2 Å². The Morgan fingerprint density at radius 3 is 2.56 bits per heavy atom. The Morgan fingerprint density at radius 2 is 2.11 bits per heavy atom. The molecule has 0 fully saturated rings. The second-order valence-electron chi connectivity index (χ2n) is 4.60. The topological polar surface area (TPSA) is 105 Å². The second kappa shape index (κ2) is 5.45. The number of carbonyl (C=O) groups is 2. The average molecular weight is 271 g/mol. The first kappa shape index (κ1) is 14.6. The van der Waals surface area contributed by atoms with E-state index in [0.717, 1.165) is 11.3 Å². The summed E-state index contributed by atoms with van der Waals surface area (Å²) >= 11 is 1.07. The fourth-order valence-corrected chi connectivity index (χ4v) is 2.06. The maximum absolute atomic E-state index is 11.8. The molecule has 0 atom stereocenters. The first-order chi connectivity index (χ1) is 8.27. The summed E-state index contributed by atoms with van der Waals surface area (Å²) in [7, 11) is 0. The third-order valence-electron chi connectivity index (χ3n) is 2.56. The van der Waals surface area contributed by atoms with Gasteiger partial charge in [0.05, 0.1) is 17.7 Å². The van der Waals surface area contributed by atoms with Gasteiger partial charge in [-0.2, -0.15) is 0 Å². The smallest absolute Gasteiger partial charge is 0.347 e. The summed E-state index contributed by atoms with van der Waals surface area (Å²) in [6.45, 7) is 5.60. The van der Waals surface area contributed by atoms with E-state index in [1.165, 1.54) is 0 Å². The molecule has 1 aromatic heterocycles. The number of carboxylic acids is 1. The molecule has 0 aliphatic rings. The van der Waals surface area contributed by atoms with Crippen molar-refractivity contribution in [3.63, 3.8) is 0 Å². The molecule has 4 N–H and O–H groups in total. The van der Waals surface area contributed by atoms with Crippen LogP contribution in [0.2, 0.25) is 0 Å². The minimum atomic E-state index is -0.995. The third kappa shape index (κ3) is 3.27. The fraction of sp³-hybridized carbons (Fsp3) is 0.545. The van der Waals surface area contributed by atoms with Crippen molar-refractivity contribution in [3.8, 4) is 0 Å². The van der Waals surface area contributed by atoms with Crippen LogP contribution < -0.4 is 11.1 Å². The summed E-state index contributed by atoms with van der Waals surface area (Å²) in [5, 5.41) is 12.2. The molecule has 1 heterocycles. The number of nitrogens with zero attached hydrogens (tertiary/aromatic N) is 1. The van der Waals surface area contributed by atoms with Gasteiger partial charge in [0.1, 0.15) is 9.88 Å². The first-order valence-electron chi connectivity index (χ1n) is 5.46. The largest absolute Gasteiger partial charge is 0.477 e. The number of aromatic nitrogens is 1. The first-order valence-corrected chi connectivity index (χ1v) is 6.27. The number of rotatable bonds is 5. The predicted molar refractivity (Wildman–Crippen MR) is 68.5 cm³/mol. The van der Waals surface area contributed by atoms with E-state index in [9.17, 15) is 9.59 Å². The van der Waals surface area contributed by atoms with Crippen molar-refractivity contribution >= 4 is 23.2 Å². The molecule has 1 aromatic rings. The molecule has 100 valence electrons. The molecule has 0 aromatic carbocycles. The van der Waals surface area contributed by atoms with Gasteiger partial charge in [-0.3, -0.25) is 4.79 Å². The average Bonchev–Trinajstić information content (AvgIpc) is 2.67. The number of hydrogen-bond acceptors (Lipinski definition) is 5. The number of carboxylic acid groups (broad SMARTS) is 1.